The predicted molar refractivity (Wildman–Crippen MR) is 78.2 cm³/mol. The second kappa shape index (κ2) is 6.38. The maximum absolute atomic E-state index is 10.8. The number of hydrogen-bond donors (Lipinski definition) is 2. The first-order chi connectivity index (χ1) is 9.58. The summed E-state index contributed by atoms with van der Waals surface area (Å²) in [7, 11) is 0. The van der Waals surface area contributed by atoms with Gasteiger partial charge in [-0.1, -0.05) is 11.6 Å². The quantitative estimate of drug-likeness (QED) is 0.486. The van der Waals surface area contributed by atoms with Crippen LogP contribution < -0.4 is 5.32 Å². The molecule has 20 heavy (non-hydrogen) atoms. The number of nitro groups is 1. The van der Waals surface area contributed by atoms with Gasteiger partial charge in [-0.3, -0.25) is 10.1 Å². The fraction of sp³-hybridized carbons (Fsp3) is 0.308. The zero-order chi connectivity index (χ0) is 14.5. The van der Waals surface area contributed by atoms with Crippen molar-refractivity contribution in [2.45, 2.75) is 19.8 Å². The van der Waals surface area contributed by atoms with E-state index in [-0.39, 0.29) is 10.7 Å². The number of aromatic nitrogens is 2. The molecule has 0 atom stereocenters. The molecule has 0 aliphatic rings. The van der Waals surface area contributed by atoms with E-state index in [2.05, 4.69) is 15.3 Å². The van der Waals surface area contributed by atoms with Crippen molar-refractivity contribution in [3.63, 3.8) is 0 Å². The number of imidazole rings is 1. The number of benzene rings is 1. The number of nitro benzene ring substituents is 1. The fourth-order valence-electron chi connectivity index (χ4n) is 1.91. The first-order valence-electron chi connectivity index (χ1n) is 6.24. The Bertz CT molecular complexity index is 599. The minimum absolute atomic E-state index is 0.0645. The molecule has 0 fully saturated rings. The molecule has 1 aromatic carbocycles. The van der Waals surface area contributed by atoms with E-state index >= 15 is 0 Å². The number of aryl methyl sites for hydroxylation is 2. The lowest BCUT2D eigenvalue weighted by molar-refractivity contribution is -0.384. The van der Waals surface area contributed by atoms with Crippen molar-refractivity contribution in [1.29, 1.82) is 0 Å². The molecule has 2 N–H and O–H groups in total. The van der Waals surface area contributed by atoms with Crippen LogP contribution in [0.2, 0.25) is 5.02 Å². The third-order valence-corrected chi connectivity index (χ3v) is 3.25. The van der Waals surface area contributed by atoms with Gasteiger partial charge in [0.05, 0.1) is 4.92 Å². The van der Waals surface area contributed by atoms with Crippen LogP contribution in [0.5, 0.6) is 0 Å². The van der Waals surface area contributed by atoms with Gasteiger partial charge in [0.1, 0.15) is 10.8 Å². The number of anilines is 1. The van der Waals surface area contributed by atoms with Gasteiger partial charge in [-0.05, 0) is 25.0 Å². The van der Waals surface area contributed by atoms with Crippen molar-refractivity contribution < 1.29 is 4.92 Å². The van der Waals surface area contributed by atoms with Crippen molar-refractivity contribution in [1.82, 2.24) is 9.97 Å². The second-order valence-electron chi connectivity index (χ2n) is 4.44. The highest BCUT2D eigenvalue weighted by atomic mass is 35.5. The largest absolute Gasteiger partial charge is 0.385 e. The van der Waals surface area contributed by atoms with Crippen molar-refractivity contribution in [3.8, 4) is 0 Å². The van der Waals surface area contributed by atoms with Crippen molar-refractivity contribution in [2.24, 2.45) is 0 Å². The Labute approximate surface area is 121 Å². The summed E-state index contributed by atoms with van der Waals surface area (Å²) in [4.78, 5) is 17.5. The molecule has 1 aromatic heterocycles. The predicted octanol–water partition coefficient (Wildman–Crippen LogP) is 3.32. The van der Waals surface area contributed by atoms with Crippen LogP contribution in [0.1, 0.15) is 17.8 Å². The van der Waals surface area contributed by atoms with E-state index < -0.39 is 4.92 Å². The van der Waals surface area contributed by atoms with Crippen LogP contribution in [0.25, 0.3) is 0 Å². The van der Waals surface area contributed by atoms with E-state index in [0.717, 1.165) is 36.5 Å². The molecular weight excluding hydrogens is 280 g/mol. The number of H-pyrrole nitrogens is 1. The van der Waals surface area contributed by atoms with Crippen LogP contribution in [0.3, 0.4) is 0 Å². The second-order valence-corrected chi connectivity index (χ2v) is 4.85. The zero-order valence-corrected chi connectivity index (χ0v) is 11.8. The summed E-state index contributed by atoms with van der Waals surface area (Å²) in [6, 6.07) is 3.08. The molecular formula is C13H15ClN4O2. The lowest BCUT2D eigenvalue weighted by Gasteiger charge is -2.09. The normalized spacial score (nSPS) is 10.5. The molecule has 1 heterocycles. The monoisotopic (exact) mass is 294 g/mol. The minimum atomic E-state index is -0.476. The molecule has 106 valence electrons. The van der Waals surface area contributed by atoms with Gasteiger partial charge >= 0.3 is 0 Å². The van der Waals surface area contributed by atoms with Gasteiger partial charge in [-0.15, -0.1) is 0 Å². The number of aromatic amines is 1. The molecule has 6 nitrogen and oxygen atoms in total. The van der Waals surface area contributed by atoms with Gasteiger partial charge in [0.25, 0.3) is 5.69 Å². The van der Waals surface area contributed by atoms with Gasteiger partial charge in [-0.2, -0.15) is 0 Å². The van der Waals surface area contributed by atoms with Crippen LogP contribution >= 0.6 is 11.6 Å². The smallest absolute Gasteiger partial charge is 0.288 e. The summed E-state index contributed by atoms with van der Waals surface area (Å²) >= 11 is 5.89. The molecule has 0 saturated heterocycles. The number of hydrogen-bond acceptors (Lipinski definition) is 4. The lowest BCUT2D eigenvalue weighted by Crippen LogP contribution is -2.05. The fourth-order valence-corrected chi connectivity index (χ4v) is 2.14. The molecule has 0 aliphatic carbocycles. The highest BCUT2D eigenvalue weighted by Crippen LogP contribution is 2.30. The highest BCUT2D eigenvalue weighted by Gasteiger charge is 2.14. The zero-order valence-electron chi connectivity index (χ0n) is 11.0. The van der Waals surface area contributed by atoms with E-state index in [0.29, 0.717) is 0 Å². The van der Waals surface area contributed by atoms with Gasteiger partial charge < -0.3 is 10.3 Å². The average Bonchev–Trinajstić information content (AvgIpc) is 2.90. The van der Waals surface area contributed by atoms with Gasteiger partial charge in [0.15, 0.2) is 0 Å². The summed E-state index contributed by atoms with van der Waals surface area (Å²) in [6.45, 7) is 2.56. The average molecular weight is 295 g/mol. The highest BCUT2D eigenvalue weighted by molar-refractivity contribution is 6.33. The van der Waals surface area contributed by atoms with Crippen LogP contribution in [-0.4, -0.2) is 21.4 Å². The molecule has 0 spiro atoms. The molecule has 0 unspecified atom stereocenters. The maximum atomic E-state index is 10.8. The minimum Gasteiger partial charge on any atom is -0.385 e. The number of nitrogens with one attached hydrogen (secondary N) is 2. The van der Waals surface area contributed by atoms with E-state index in [1.165, 1.54) is 6.07 Å². The van der Waals surface area contributed by atoms with Crippen molar-refractivity contribution >= 4 is 23.0 Å². The van der Waals surface area contributed by atoms with Gasteiger partial charge in [0, 0.05) is 37.1 Å². The van der Waals surface area contributed by atoms with Gasteiger partial charge in [0.2, 0.25) is 0 Å². The molecule has 2 rings (SSSR count). The van der Waals surface area contributed by atoms with E-state index in [9.17, 15) is 10.1 Å². The van der Waals surface area contributed by atoms with Crippen molar-refractivity contribution in [3.05, 3.63) is 51.1 Å². The Morgan fingerprint density at radius 1 is 1.50 bits per heavy atom. The van der Waals surface area contributed by atoms with E-state index in [1.54, 1.807) is 18.5 Å². The molecule has 7 heteroatoms. The van der Waals surface area contributed by atoms with Crippen LogP contribution in [0.4, 0.5) is 11.4 Å². The third-order valence-electron chi connectivity index (χ3n) is 2.95. The standard InChI is InChI=1S/C13H15ClN4O2/c1-9-7-12(18(19)20)10(14)8-11(9)15-4-2-3-13-16-5-6-17-13/h5-8,15H,2-4H2,1H3,(H,16,17). The molecule has 0 bridgehead atoms. The maximum Gasteiger partial charge on any atom is 0.288 e. The SMILES string of the molecule is Cc1cc([N+](=O)[O-])c(Cl)cc1NCCCc1ncc[nH]1. The summed E-state index contributed by atoms with van der Waals surface area (Å²) in [5.74, 6) is 0.949. The first kappa shape index (κ1) is 14.3. The van der Waals surface area contributed by atoms with Gasteiger partial charge in [-0.25, -0.2) is 4.98 Å². The Morgan fingerprint density at radius 2 is 2.30 bits per heavy atom. The van der Waals surface area contributed by atoms with E-state index in [1.807, 2.05) is 6.92 Å². The molecule has 0 saturated carbocycles. The van der Waals surface area contributed by atoms with Crippen molar-refractivity contribution in [2.75, 3.05) is 11.9 Å². The summed E-state index contributed by atoms with van der Waals surface area (Å²) in [5, 5.41) is 14.1. The summed E-state index contributed by atoms with van der Waals surface area (Å²) in [5.41, 5.74) is 1.56. The number of nitrogens with zero attached hydrogens (tertiary/aromatic N) is 2. The third kappa shape index (κ3) is 3.48. The first-order valence-corrected chi connectivity index (χ1v) is 6.62. The Balaban J connectivity index is 1.92. The van der Waals surface area contributed by atoms with Crippen LogP contribution in [-0.2, 0) is 6.42 Å². The van der Waals surface area contributed by atoms with E-state index in [4.69, 9.17) is 11.6 Å². The number of rotatable bonds is 6. The molecule has 2 aromatic rings. The van der Waals surface area contributed by atoms with Crippen LogP contribution in [0.15, 0.2) is 24.5 Å². The Kier molecular flexibility index (Phi) is 4.57. The molecule has 0 radical (unpaired) electrons. The molecule has 0 amide bonds. The summed E-state index contributed by atoms with van der Waals surface area (Å²) < 4.78 is 0. The lowest BCUT2D eigenvalue weighted by atomic mass is 10.1. The van der Waals surface area contributed by atoms with Crippen LogP contribution in [0, 0.1) is 17.0 Å². The molecule has 0 aliphatic heterocycles. The Hall–Kier alpha value is -2.08. The summed E-state index contributed by atoms with van der Waals surface area (Å²) in [6.07, 6.45) is 5.27. The topological polar surface area (TPSA) is 83.8 Å². The Morgan fingerprint density at radius 3 is 2.95 bits per heavy atom. The number of halogens is 1.